The highest BCUT2D eigenvalue weighted by molar-refractivity contribution is 4.87. The molecule has 1 heterocycles. The molecular formula is C14H25F3N2. The van der Waals surface area contributed by atoms with E-state index in [1.54, 1.807) is 0 Å². The molecule has 0 bridgehead atoms. The minimum atomic E-state index is -4.10. The van der Waals surface area contributed by atoms with Gasteiger partial charge in [-0.2, -0.15) is 13.2 Å². The van der Waals surface area contributed by atoms with Crippen molar-refractivity contribution in [3.05, 3.63) is 0 Å². The minimum absolute atomic E-state index is 0.00525. The molecule has 2 fully saturated rings. The molecule has 5 heteroatoms. The van der Waals surface area contributed by atoms with Gasteiger partial charge < -0.3 is 10.2 Å². The van der Waals surface area contributed by atoms with Crippen molar-refractivity contribution in [2.24, 2.45) is 11.8 Å². The average Bonchev–Trinajstić information content (AvgIpc) is 3.10. The van der Waals surface area contributed by atoms with Crippen molar-refractivity contribution in [3.63, 3.8) is 0 Å². The molecule has 2 nitrogen and oxygen atoms in total. The molecule has 2 unspecified atom stereocenters. The lowest BCUT2D eigenvalue weighted by Crippen LogP contribution is -2.51. The fourth-order valence-corrected chi connectivity index (χ4v) is 3.14. The van der Waals surface area contributed by atoms with E-state index in [2.05, 4.69) is 17.1 Å². The van der Waals surface area contributed by atoms with Crippen LogP contribution in [0.1, 0.15) is 39.0 Å². The summed E-state index contributed by atoms with van der Waals surface area (Å²) in [4.78, 5) is 2.38. The Morgan fingerprint density at radius 3 is 2.47 bits per heavy atom. The summed E-state index contributed by atoms with van der Waals surface area (Å²) in [6.07, 6.45) is 1.65. The molecule has 1 saturated carbocycles. The van der Waals surface area contributed by atoms with Gasteiger partial charge in [0.05, 0.1) is 6.54 Å². The largest absolute Gasteiger partial charge is 0.401 e. The summed E-state index contributed by atoms with van der Waals surface area (Å²) < 4.78 is 36.9. The smallest absolute Gasteiger partial charge is 0.305 e. The molecule has 2 rings (SSSR count). The number of likely N-dealkylation sites (tertiary alicyclic amines) is 1. The van der Waals surface area contributed by atoms with Gasteiger partial charge in [0.2, 0.25) is 0 Å². The van der Waals surface area contributed by atoms with E-state index in [4.69, 9.17) is 0 Å². The van der Waals surface area contributed by atoms with Crippen molar-refractivity contribution in [2.75, 3.05) is 26.2 Å². The van der Waals surface area contributed by atoms with Crippen LogP contribution in [0.5, 0.6) is 0 Å². The van der Waals surface area contributed by atoms with Gasteiger partial charge in [-0.25, -0.2) is 0 Å². The van der Waals surface area contributed by atoms with Gasteiger partial charge in [-0.3, -0.25) is 0 Å². The Kier molecular flexibility index (Phi) is 5.12. The molecular weight excluding hydrogens is 253 g/mol. The lowest BCUT2D eigenvalue weighted by Gasteiger charge is -2.38. The van der Waals surface area contributed by atoms with Gasteiger partial charge >= 0.3 is 6.18 Å². The molecule has 19 heavy (non-hydrogen) atoms. The number of hydrogen-bond donors (Lipinski definition) is 1. The van der Waals surface area contributed by atoms with Crippen LogP contribution < -0.4 is 5.32 Å². The third-order valence-corrected chi connectivity index (χ3v) is 4.11. The SMILES string of the molecule is CCCC1CC(NCC(F)(F)F)CN(CC2CC2)C1. The summed E-state index contributed by atoms with van der Waals surface area (Å²) >= 11 is 0. The highest BCUT2D eigenvalue weighted by Crippen LogP contribution is 2.32. The lowest BCUT2D eigenvalue weighted by atomic mass is 9.90. The van der Waals surface area contributed by atoms with E-state index in [0.717, 1.165) is 44.8 Å². The second-order valence-corrected chi connectivity index (χ2v) is 6.25. The van der Waals surface area contributed by atoms with Gasteiger partial charge in [-0.05, 0) is 37.5 Å². The maximum Gasteiger partial charge on any atom is 0.401 e. The van der Waals surface area contributed by atoms with E-state index in [9.17, 15) is 13.2 Å². The quantitative estimate of drug-likeness (QED) is 0.803. The summed E-state index contributed by atoms with van der Waals surface area (Å²) in [6.45, 7) is 4.25. The van der Waals surface area contributed by atoms with E-state index < -0.39 is 12.7 Å². The van der Waals surface area contributed by atoms with E-state index in [-0.39, 0.29) is 6.04 Å². The standard InChI is InChI=1S/C14H25F3N2/c1-2-3-12-6-13(18-10-14(15,16)17)9-19(8-12)7-11-4-5-11/h11-13,18H,2-10H2,1H3. The van der Waals surface area contributed by atoms with Crippen molar-refractivity contribution in [1.82, 2.24) is 10.2 Å². The van der Waals surface area contributed by atoms with Crippen molar-refractivity contribution in [1.29, 1.82) is 0 Å². The predicted molar refractivity (Wildman–Crippen MR) is 70.0 cm³/mol. The maximum absolute atomic E-state index is 12.3. The van der Waals surface area contributed by atoms with E-state index in [0.29, 0.717) is 5.92 Å². The second kappa shape index (κ2) is 6.44. The summed E-state index contributed by atoms with van der Waals surface area (Å²) in [5.41, 5.74) is 0. The number of hydrogen-bond acceptors (Lipinski definition) is 2. The highest BCUT2D eigenvalue weighted by atomic mass is 19.4. The van der Waals surface area contributed by atoms with Crippen LogP contribution in [0.4, 0.5) is 13.2 Å². The van der Waals surface area contributed by atoms with Gasteiger partial charge in [0.1, 0.15) is 0 Å². The molecule has 1 saturated heterocycles. The Morgan fingerprint density at radius 2 is 1.89 bits per heavy atom. The molecule has 2 atom stereocenters. The van der Waals surface area contributed by atoms with Crippen molar-refractivity contribution in [3.8, 4) is 0 Å². The second-order valence-electron chi connectivity index (χ2n) is 6.25. The molecule has 0 aromatic rings. The molecule has 0 spiro atoms. The van der Waals surface area contributed by atoms with Crippen molar-refractivity contribution in [2.45, 2.75) is 51.2 Å². The molecule has 112 valence electrons. The zero-order chi connectivity index (χ0) is 13.9. The highest BCUT2D eigenvalue weighted by Gasteiger charge is 2.33. The zero-order valence-electron chi connectivity index (χ0n) is 11.7. The Balaban J connectivity index is 1.82. The monoisotopic (exact) mass is 278 g/mol. The van der Waals surface area contributed by atoms with Crippen LogP contribution in [0.25, 0.3) is 0 Å². The number of alkyl halides is 3. The first-order chi connectivity index (χ1) is 8.96. The van der Waals surface area contributed by atoms with Gasteiger partial charge in [0, 0.05) is 25.7 Å². The van der Waals surface area contributed by atoms with Crippen LogP contribution in [0.2, 0.25) is 0 Å². The normalized spacial score (nSPS) is 29.7. The van der Waals surface area contributed by atoms with Crippen LogP contribution in [0.3, 0.4) is 0 Å². The Bertz CT molecular complexity index is 276. The van der Waals surface area contributed by atoms with Gasteiger partial charge in [-0.15, -0.1) is 0 Å². The topological polar surface area (TPSA) is 15.3 Å². The Labute approximate surface area is 113 Å². The number of halogens is 3. The summed E-state index contributed by atoms with van der Waals surface area (Å²) in [5, 5.41) is 2.71. The third kappa shape index (κ3) is 5.69. The first-order valence-electron chi connectivity index (χ1n) is 7.48. The maximum atomic E-state index is 12.3. The number of nitrogens with zero attached hydrogens (tertiary/aromatic N) is 1. The minimum Gasteiger partial charge on any atom is -0.305 e. The fourth-order valence-electron chi connectivity index (χ4n) is 3.14. The molecule has 1 aliphatic heterocycles. The van der Waals surface area contributed by atoms with Crippen molar-refractivity contribution >= 4 is 0 Å². The molecule has 0 radical (unpaired) electrons. The summed E-state index contributed by atoms with van der Waals surface area (Å²) in [5.74, 6) is 1.37. The summed E-state index contributed by atoms with van der Waals surface area (Å²) in [6, 6.07) is 0.00525. The molecule has 2 aliphatic rings. The van der Waals surface area contributed by atoms with Crippen LogP contribution in [-0.2, 0) is 0 Å². The third-order valence-electron chi connectivity index (χ3n) is 4.11. The lowest BCUT2D eigenvalue weighted by molar-refractivity contribution is -0.127. The van der Waals surface area contributed by atoms with E-state index >= 15 is 0 Å². The summed E-state index contributed by atoms with van der Waals surface area (Å²) in [7, 11) is 0. The average molecular weight is 278 g/mol. The number of piperidine rings is 1. The molecule has 1 aliphatic carbocycles. The zero-order valence-corrected chi connectivity index (χ0v) is 11.7. The number of nitrogens with one attached hydrogen (secondary N) is 1. The van der Waals surface area contributed by atoms with E-state index in [1.807, 2.05) is 0 Å². The molecule has 0 aromatic carbocycles. The Hall–Kier alpha value is -0.290. The van der Waals surface area contributed by atoms with Crippen LogP contribution in [0, 0.1) is 11.8 Å². The van der Waals surface area contributed by atoms with Crippen LogP contribution in [0.15, 0.2) is 0 Å². The van der Waals surface area contributed by atoms with Gasteiger partial charge in [0.25, 0.3) is 0 Å². The first kappa shape index (κ1) is 15.1. The van der Waals surface area contributed by atoms with Crippen molar-refractivity contribution < 1.29 is 13.2 Å². The molecule has 1 N–H and O–H groups in total. The number of rotatable bonds is 6. The van der Waals surface area contributed by atoms with Crippen LogP contribution >= 0.6 is 0 Å². The van der Waals surface area contributed by atoms with Crippen LogP contribution in [-0.4, -0.2) is 43.3 Å². The van der Waals surface area contributed by atoms with Gasteiger partial charge in [0.15, 0.2) is 0 Å². The Morgan fingerprint density at radius 1 is 1.16 bits per heavy atom. The van der Waals surface area contributed by atoms with E-state index in [1.165, 1.54) is 12.8 Å². The molecule has 0 amide bonds. The first-order valence-corrected chi connectivity index (χ1v) is 7.48. The fraction of sp³-hybridized carbons (Fsp3) is 1.00. The predicted octanol–water partition coefficient (Wildman–Crippen LogP) is 3.04. The van der Waals surface area contributed by atoms with Gasteiger partial charge in [-0.1, -0.05) is 13.3 Å². The molecule has 0 aromatic heterocycles.